The van der Waals surface area contributed by atoms with Crippen LogP contribution in [-0.4, -0.2) is 44.3 Å². The first-order chi connectivity index (χ1) is 21.0. The summed E-state index contributed by atoms with van der Waals surface area (Å²) >= 11 is 6.04. The Morgan fingerprint density at radius 1 is 0.795 bits per heavy atom. The van der Waals surface area contributed by atoms with E-state index in [1.807, 2.05) is 75.4 Å². The van der Waals surface area contributed by atoms with E-state index in [1.165, 1.54) is 29.2 Å². The van der Waals surface area contributed by atoms with E-state index in [-0.39, 0.29) is 29.7 Å². The highest BCUT2D eigenvalue weighted by Gasteiger charge is 2.34. The molecule has 0 aliphatic carbocycles. The number of para-hydroxylation sites is 1. The lowest BCUT2D eigenvalue weighted by molar-refractivity contribution is -0.140. The van der Waals surface area contributed by atoms with E-state index in [1.54, 1.807) is 30.3 Å². The van der Waals surface area contributed by atoms with Gasteiger partial charge in [0.05, 0.1) is 10.6 Å². The molecule has 230 valence electrons. The summed E-state index contributed by atoms with van der Waals surface area (Å²) in [5.41, 5.74) is 3.10. The number of halogens is 1. The van der Waals surface area contributed by atoms with Crippen molar-refractivity contribution in [2.24, 2.45) is 5.92 Å². The Morgan fingerprint density at radius 3 is 1.98 bits per heavy atom. The topological polar surface area (TPSA) is 86.8 Å². The molecule has 44 heavy (non-hydrogen) atoms. The Morgan fingerprint density at radius 2 is 1.39 bits per heavy atom. The number of hydrogen-bond donors (Lipinski definition) is 1. The van der Waals surface area contributed by atoms with Crippen LogP contribution >= 0.6 is 11.6 Å². The van der Waals surface area contributed by atoms with Crippen molar-refractivity contribution in [3.05, 3.63) is 131 Å². The molecule has 0 saturated carbocycles. The Balaban J connectivity index is 1.77. The number of amides is 2. The highest BCUT2D eigenvalue weighted by Crippen LogP contribution is 2.26. The molecule has 4 aromatic carbocycles. The quantitative estimate of drug-likeness (QED) is 0.189. The SMILES string of the molecule is Cc1ccc(CN(C(=O)CN(c2ccccc2)S(=O)(=O)c2ccc(Cl)cc2)[C@H](Cc2ccccc2)C(=O)NCC(C)C)cc1. The van der Waals surface area contributed by atoms with Crippen molar-refractivity contribution in [2.45, 2.75) is 44.7 Å². The van der Waals surface area contributed by atoms with Gasteiger partial charge in [-0.1, -0.05) is 104 Å². The lowest BCUT2D eigenvalue weighted by Crippen LogP contribution is -2.53. The van der Waals surface area contributed by atoms with Crippen LogP contribution in [0.15, 0.2) is 114 Å². The van der Waals surface area contributed by atoms with Gasteiger partial charge in [0.15, 0.2) is 0 Å². The molecule has 4 aromatic rings. The smallest absolute Gasteiger partial charge is 0.264 e. The number of nitrogens with zero attached hydrogens (tertiary/aromatic N) is 2. The maximum Gasteiger partial charge on any atom is 0.264 e. The van der Waals surface area contributed by atoms with Crippen LogP contribution in [-0.2, 0) is 32.6 Å². The number of nitrogens with one attached hydrogen (secondary N) is 1. The highest BCUT2D eigenvalue weighted by atomic mass is 35.5. The molecule has 0 unspecified atom stereocenters. The number of benzene rings is 4. The third-order valence-corrected chi connectivity index (χ3v) is 9.19. The number of sulfonamides is 1. The monoisotopic (exact) mass is 631 g/mol. The highest BCUT2D eigenvalue weighted by molar-refractivity contribution is 7.92. The van der Waals surface area contributed by atoms with Gasteiger partial charge in [-0.05, 0) is 60.4 Å². The standard InChI is InChI=1S/C35H38ClN3O4S/c1-26(2)23-37-35(41)33(22-28-10-6-4-7-11-28)38(24-29-16-14-27(3)15-17-29)34(40)25-39(31-12-8-5-9-13-31)44(42,43)32-20-18-30(36)19-21-32/h4-21,26,33H,22-25H2,1-3H3,(H,37,41)/t33-/m1/s1. The molecule has 1 atom stereocenters. The molecule has 0 radical (unpaired) electrons. The Hall–Kier alpha value is -4.14. The van der Waals surface area contributed by atoms with Crippen LogP contribution in [0.5, 0.6) is 0 Å². The largest absolute Gasteiger partial charge is 0.354 e. The molecule has 2 amide bonds. The van der Waals surface area contributed by atoms with Gasteiger partial charge in [-0.2, -0.15) is 0 Å². The van der Waals surface area contributed by atoms with E-state index >= 15 is 0 Å². The van der Waals surface area contributed by atoms with Crippen LogP contribution in [0.25, 0.3) is 0 Å². The molecular weight excluding hydrogens is 594 g/mol. The number of aryl methyl sites for hydroxylation is 1. The van der Waals surface area contributed by atoms with Gasteiger partial charge in [0.25, 0.3) is 10.0 Å². The zero-order valence-electron chi connectivity index (χ0n) is 25.2. The predicted molar refractivity (Wildman–Crippen MR) is 176 cm³/mol. The first kappa shape index (κ1) is 32.8. The average molecular weight is 632 g/mol. The van der Waals surface area contributed by atoms with Crippen LogP contribution in [0.1, 0.15) is 30.5 Å². The van der Waals surface area contributed by atoms with E-state index in [0.29, 0.717) is 17.3 Å². The van der Waals surface area contributed by atoms with E-state index in [4.69, 9.17) is 11.6 Å². The maximum absolute atomic E-state index is 14.4. The third kappa shape index (κ3) is 8.71. The lowest BCUT2D eigenvalue weighted by atomic mass is 10.0. The van der Waals surface area contributed by atoms with Crippen molar-refractivity contribution >= 4 is 39.1 Å². The minimum Gasteiger partial charge on any atom is -0.354 e. The Kier molecular flexibility index (Phi) is 11.2. The molecule has 0 heterocycles. The summed E-state index contributed by atoms with van der Waals surface area (Å²) in [4.78, 5) is 29.7. The summed E-state index contributed by atoms with van der Waals surface area (Å²) in [5, 5.41) is 3.40. The van der Waals surface area contributed by atoms with Gasteiger partial charge in [-0.25, -0.2) is 8.42 Å². The molecule has 0 aromatic heterocycles. The summed E-state index contributed by atoms with van der Waals surface area (Å²) in [6.07, 6.45) is 0.262. The van der Waals surface area contributed by atoms with Gasteiger partial charge < -0.3 is 10.2 Å². The lowest BCUT2D eigenvalue weighted by Gasteiger charge is -2.34. The summed E-state index contributed by atoms with van der Waals surface area (Å²) in [6, 6.07) is 30.7. The molecule has 0 bridgehead atoms. The molecule has 4 rings (SSSR count). The number of carbonyl (C=O) groups is 2. The zero-order chi connectivity index (χ0) is 31.7. The summed E-state index contributed by atoms with van der Waals surface area (Å²) in [7, 11) is -4.18. The second kappa shape index (κ2) is 15.0. The van der Waals surface area contributed by atoms with Gasteiger partial charge in [0.2, 0.25) is 11.8 Å². The first-order valence-corrected chi connectivity index (χ1v) is 16.4. The summed E-state index contributed by atoms with van der Waals surface area (Å²) in [5.74, 6) is -0.599. The van der Waals surface area contributed by atoms with Crippen molar-refractivity contribution in [1.82, 2.24) is 10.2 Å². The van der Waals surface area contributed by atoms with Crippen molar-refractivity contribution in [3.63, 3.8) is 0 Å². The van der Waals surface area contributed by atoms with Crippen LogP contribution in [0, 0.1) is 12.8 Å². The number of anilines is 1. The number of carbonyl (C=O) groups excluding carboxylic acids is 2. The Bertz CT molecular complexity index is 1630. The molecule has 0 aliphatic heterocycles. The minimum absolute atomic E-state index is 0.000787. The van der Waals surface area contributed by atoms with Gasteiger partial charge in [-0.3, -0.25) is 13.9 Å². The predicted octanol–water partition coefficient (Wildman–Crippen LogP) is 6.26. The second-order valence-electron chi connectivity index (χ2n) is 11.2. The fourth-order valence-electron chi connectivity index (χ4n) is 4.72. The molecule has 0 fully saturated rings. The van der Waals surface area contributed by atoms with E-state index < -0.39 is 28.5 Å². The van der Waals surface area contributed by atoms with Gasteiger partial charge in [0, 0.05) is 24.5 Å². The van der Waals surface area contributed by atoms with E-state index in [2.05, 4.69) is 5.32 Å². The normalized spacial score (nSPS) is 12.0. The van der Waals surface area contributed by atoms with E-state index in [0.717, 1.165) is 21.0 Å². The molecule has 0 aliphatic rings. The van der Waals surface area contributed by atoms with Gasteiger partial charge in [-0.15, -0.1) is 0 Å². The average Bonchev–Trinajstić information content (AvgIpc) is 3.02. The van der Waals surface area contributed by atoms with Crippen molar-refractivity contribution in [1.29, 1.82) is 0 Å². The fourth-order valence-corrected chi connectivity index (χ4v) is 6.26. The van der Waals surface area contributed by atoms with Gasteiger partial charge >= 0.3 is 0 Å². The van der Waals surface area contributed by atoms with Gasteiger partial charge in [0.1, 0.15) is 12.6 Å². The zero-order valence-corrected chi connectivity index (χ0v) is 26.8. The van der Waals surface area contributed by atoms with Crippen LogP contribution in [0.4, 0.5) is 5.69 Å². The van der Waals surface area contributed by atoms with Crippen LogP contribution < -0.4 is 9.62 Å². The third-order valence-electron chi connectivity index (χ3n) is 7.15. The first-order valence-electron chi connectivity index (χ1n) is 14.5. The number of hydrogen-bond acceptors (Lipinski definition) is 4. The van der Waals surface area contributed by atoms with Crippen molar-refractivity contribution < 1.29 is 18.0 Å². The van der Waals surface area contributed by atoms with Crippen molar-refractivity contribution in [2.75, 3.05) is 17.4 Å². The minimum atomic E-state index is -4.18. The van der Waals surface area contributed by atoms with Crippen LogP contribution in [0.3, 0.4) is 0 Å². The second-order valence-corrected chi connectivity index (χ2v) is 13.5. The fraction of sp³-hybridized carbons (Fsp3) is 0.257. The molecule has 9 heteroatoms. The summed E-state index contributed by atoms with van der Waals surface area (Å²) in [6.45, 7) is 6.03. The molecule has 1 N–H and O–H groups in total. The number of rotatable bonds is 13. The molecule has 0 spiro atoms. The Labute approximate surface area is 265 Å². The van der Waals surface area contributed by atoms with E-state index in [9.17, 15) is 18.0 Å². The molecule has 7 nitrogen and oxygen atoms in total. The molecular formula is C35H38ClN3O4S. The van der Waals surface area contributed by atoms with Crippen LogP contribution in [0.2, 0.25) is 5.02 Å². The summed E-state index contributed by atoms with van der Waals surface area (Å²) < 4.78 is 29.1. The van der Waals surface area contributed by atoms with Crippen molar-refractivity contribution in [3.8, 4) is 0 Å². The maximum atomic E-state index is 14.4. The molecule has 0 saturated heterocycles.